The zero-order chi connectivity index (χ0) is 18.9. The van der Waals surface area contributed by atoms with Crippen LogP contribution < -0.4 is 4.74 Å². The number of benzene rings is 2. The molecule has 3 rings (SSSR count). The number of methoxy groups -OCH3 is 2. The Hall–Kier alpha value is -2.38. The van der Waals surface area contributed by atoms with E-state index in [0.29, 0.717) is 11.3 Å². The van der Waals surface area contributed by atoms with Crippen molar-refractivity contribution in [3.8, 4) is 5.75 Å². The zero-order valence-electron chi connectivity index (χ0n) is 14.5. The highest BCUT2D eigenvalue weighted by molar-refractivity contribution is 7.92. The molecule has 0 aromatic heterocycles. The van der Waals surface area contributed by atoms with Gasteiger partial charge in [0.1, 0.15) is 11.2 Å². The van der Waals surface area contributed by atoms with Gasteiger partial charge in [0.05, 0.1) is 23.9 Å². The maximum Gasteiger partial charge on any atom is 0.314 e. The molecule has 1 saturated carbocycles. The quantitative estimate of drug-likeness (QED) is 0.798. The number of sulfone groups is 1. The van der Waals surface area contributed by atoms with Gasteiger partial charge in [-0.25, -0.2) is 8.42 Å². The molecule has 0 aliphatic heterocycles. The predicted molar refractivity (Wildman–Crippen MR) is 95.1 cm³/mol. The number of hydrogen-bond donors (Lipinski definition) is 1. The van der Waals surface area contributed by atoms with Crippen LogP contribution in [-0.2, 0) is 19.4 Å². The fourth-order valence-electron chi connectivity index (χ4n) is 3.63. The summed E-state index contributed by atoms with van der Waals surface area (Å²) in [6.07, 6.45) is 0. The molecule has 1 N–H and O–H groups in total. The van der Waals surface area contributed by atoms with E-state index in [4.69, 9.17) is 9.47 Å². The van der Waals surface area contributed by atoms with Gasteiger partial charge in [0.2, 0.25) is 0 Å². The monoisotopic (exact) mass is 376 g/mol. The topological polar surface area (TPSA) is 89.9 Å². The van der Waals surface area contributed by atoms with E-state index < -0.39 is 32.4 Å². The van der Waals surface area contributed by atoms with Gasteiger partial charge in [0, 0.05) is 13.0 Å². The molecule has 0 bridgehead atoms. The molecule has 0 saturated heterocycles. The largest absolute Gasteiger partial charge is 0.497 e. The highest BCUT2D eigenvalue weighted by Crippen LogP contribution is 2.64. The van der Waals surface area contributed by atoms with Crippen LogP contribution in [-0.4, -0.2) is 45.6 Å². The van der Waals surface area contributed by atoms with Crippen molar-refractivity contribution in [3.05, 3.63) is 60.2 Å². The average molecular weight is 376 g/mol. The number of carboxylic acid groups (broad SMARTS) is 1. The van der Waals surface area contributed by atoms with Crippen LogP contribution in [0.25, 0.3) is 0 Å². The summed E-state index contributed by atoms with van der Waals surface area (Å²) >= 11 is 0. The minimum atomic E-state index is -3.85. The van der Waals surface area contributed by atoms with Crippen molar-refractivity contribution >= 4 is 15.8 Å². The number of carboxylic acids is 1. The van der Waals surface area contributed by atoms with Crippen LogP contribution in [0.4, 0.5) is 0 Å². The van der Waals surface area contributed by atoms with E-state index in [9.17, 15) is 18.3 Å². The minimum absolute atomic E-state index is 0.114. The van der Waals surface area contributed by atoms with E-state index in [1.54, 1.807) is 42.5 Å². The van der Waals surface area contributed by atoms with Gasteiger partial charge >= 0.3 is 5.97 Å². The van der Waals surface area contributed by atoms with Crippen LogP contribution in [0.5, 0.6) is 5.75 Å². The fraction of sp³-hybridized carbons (Fsp3) is 0.316. The van der Waals surface area contributed by atoms with Crippen molar-refractivity contribution in [1.82, 2.24) is 0 Å². The molecule has 1 aliphatic rings. The minimum Gasteiger partial charge on any atom is -0.497 e. The molecular formula is C19H20O6S. The number of ether oxygens (including phenoxy) is 2. The lowest BCUT2D eigenvalue weighted by Crippen LogP contribution is -2.28. The van der Waals surface area contributed by atoms with Gasteiger partial charge < -0.3 is 14.6 Å². The number of aliphatic carboxylic acids is 1. The molecule has 1 fully saturated rings. The van der Waals surface area contributed by atoms with Crippen LogP contribution in [0, 0.1) is 5.41 Å². The van der Waals surface area contributed by atoms with Gasteiger partial charge in [-0.15, -0.1) is 0 Å². The lowest BCUT2D eigenvalue weighted by Gasteiger charge is -2.12. The van der Waals surface area contributed by atoms with Gasteiger partial charge in [0.15, 0.2) is 9.84 Å². The van der Waals surface area contributed by atoms with Crippen LogP contribution in [0.3, 0.4) is 0 Å². The second-order valence-electron chi connectivity index (χ2n) is 6.31. The number of rotatable bonds is 7. The van der Waals surface area contributed by atoms with E-state index in [-0.39, 0.29) is 11.5 Å². The normalized spacial score (nSPS) is 24.8. The Morgan fingerprint density at radius 3 is 2.19 bits per heavy atom. The van der Waals surface area contributed by atoms with Gasteiger partial charge in [-0.05, 0) is 29.8 Å². The van der Waals surface area contributed by atoms with Gasteiger partial charge in [-0.3, -0.25) is 4.79 Å². The summed E-state index contributed by atoms with van der Waals surface area (Å²) in [5.74, 6) is -1.26. The summed E-state index contributed by atoms with van der Waals surface area (Å²) in [6.45, 7) is -0.185. The van der Waals surface area contributed by atoms with Gasteiger partial charge in [0.25, 0.3) is 0 Å². The maximum absolute atomic E-state index is 13.2. The van der Waals surface area contributed by atoms with Gasteiger partial charge in [-0.1, -0.05) is 30.3 Å². The molecule has 26 heavy (non-hydrogen) atoms. The molecule has 2 aromatic carbocycles. The van der Waals surface area contributed by atoms with E-state index in [1.165, 1.54) is 26.4 Å². The standard InChI is InChI=1S/C19H20O6S/c1-24-12-19(18(20)21)16(13-8-10-14(25-2)11-9-13)17(19)26(22,23)15-6-4-3-5-7-15/h3-11,16-17H,12H2,1-2H3,(H,20,21)/t16-,17+,19+/m1/s1. The molecule has 0 amide bonds. The third kappa shape index (κ3) is 2.77. The van der Waals surface area contributed by atoms with E-state index in [0.717, 1.165) is 0 Å². The van der Waals surface area contributed by atoms with Crippen molar-refractivity contribution < 1.29 is 27.8 Å². The first-order valence-electron chi connectivity index (χ1n) is 8.05. The van der Waals surface area contributed by atoms with Crippen molar-refractivity contribution in [2.75, 3.05) is 20.8 Å². The Morgan fingerprint density at radius 2 is 1.69 bits per heavy atom. The predicted octanol–water partition coefficient (Wildman–Crippen LogP) is 2.35. The highest BCUT2D eigenvalue weighted by Gasteiger charge is 2.76. The Balaban J connectivity index is 2.09. The SMILES string of the molecule is COC[C@]1(C(=O)O)[C@H](c2ccc(OC)cc2)[C@@H]1S(=O)(=O)c1ccccc1. The van der Waals surface area contributed by atoms with Crippen LogP contribution >= 0.6 is 0 Å². The summed E-state index contributed by atoms with van der Waals surface area (Å²) in [5, 5.41) is 8.78. The van der Waals surface area contributed by atoms with Crippen LogP contribution in [0.2, 0.25) is 0 Å². The van der Waals surface area contributed by atoms with Crippen molar-refractivity contribution in [3.63, 3.8) is 0 Å². The Labute approximate surface area is 152 Å². The van der Waals surface area contributed by atoms with E-state index in [2.05, 4.69) is 0 Å². The molecule has 3 atom stereocenters. The first kappa shape index (κ1) is 18.4. The Bertz CT molecular complexity index is 891. The molecule has 2 aromatic rings. The summed E-state index contributed by atoms with van der Waals surface area (Å²) < 4.78 is 36.5. The smallest absolute Gasteiger partial charge is 0.314 e. The summed E-state index contributed by atoms with van der Waals surface area (Å²) in [5.41, 5.74) is -0.882. The second kappa shape index (κ2) is 6.74. The van der Waals surface area contributed by atoms with E-state index in [1.807, 2.05) is 0 Å². The Morgan fingerprint density at radius 1 is 1.08 bits per heavy atom. The molecule has 0 spiro atoms. The number of carbonyl (C=O) groups is 1. The van der Waals surface area contributed by atoms with E-state index >= 15 is 0 Å². The summed E-state index contributed by atoms with van der Waals surface area (Å²) in [4.78, 5) is 12.2. The third-order valence-corrected chi connectivity index (χ3v) is 7.21. The molecule has 1 aliphatic carbocycles. The van der Waals surface area contributed by atoms with Crippen molar-refractivity contribution in [1.29, 1.82) is 0 Å². The summed E-state index contributed by atoms with van der Waals surface area (Å²) in [7, 11) is -0.941. The third-order valence-electron chi connectivity index (χ3n) is 4.92. The second-order valence-corrected chi connectivity index (χ2v) is 8.38. The summed E-state index contributed by atoms with van der Waals surface area (Å²) in [6, 6.07) is 14.7. The molecule has 0 unspecified atom stereocenters. The molecule has 0 heterocycles. The molecule has 6 nitrogen and oxygen atoms in total. The lowest BCUT2D eigenvalue weighted by atomic mass is 10.00. The highest BCUT2D eigenvalue weighted by atomic mass is 32.2. The van der Waals surface area contributed by atoms with Crippen molar-refractivity contribution in [2.24, 2.45) is 5.41 Å². The average Bonchev–Trinajstić information content (AvgIpc) is 3.34. The first-order valence-corrected chi connectivity index (χ1v) is 9.59. The van der Waals surface area contributed by atoms with Crippen LogP contribution in [0.15, 0.2) is 59.5 Å². The first-order chi connectivity index (χ1) is 12.4. The van der Waals surface area contributed by atoms with Gasteiger partial charge in [-0.2, -0.15) is 0 Å². The number of hydrogen-bond acceptors (Lipinski definition) is 5. The molecule has 0 radical (unpaired) electrons. The maximum atomic E-state index is 13.2. The zero-order valence-corrected chi connectivity index (χ0v) is 15.3. The molecule has 138 valence electrons. The lowest BCUT2D eigenvalue weighted by molar-refractivity contribution is -0.145. The molecular weight excluding hydrogens is 356 g/mol. The molecule has 7 heteroatoms. The fourth-order valence-corrected chi connectivity index (χ4v) is 6.01. The Kier molecular flexibility index (Phi) is 4.77. The van der Waals surface area contributed by atoms with Crippen molar-refractivity contribution in [2.45, 2.75) is 16.1 Å². The van der Waals surface area contributed by atoms with Crippen LogP contribution in [0.1, 0.15) is 11.5 Å².